The number of hydrazone groups is 1. The number of hydrogen-bond donors (Lipinski definition) is 3. The summed E-state index contributed by atoms with van der Waals surface area (Å²) in [5.41, 5.74) is 6.97. The lowest BCUT2D eigenvalue weighted by Gasteiger charge is -1.93. The van der Waals surface area contributed by atoms with Crippen molar-refractivity contribution in [2.75, 3.05) is 5.43 Å². The molecule has 0 atom stereocenters. The maximum atomic E-state index is 4.41. The van der Waals surface area contributed by atoms with Gasteiger partial charge in [0, 0.05) is 22.7 Å². The van der Waals surface area contributed by atoms with Crippen LogP contribution in [-0.2, 0) is 0 Å². The van der Waals surface area contributed by atoms with Gasteiger partial charge < -0.3 is 9.97 Å². The Hall–Kier alpha value is -3.08. The molecule has 0 spiro atoms. The number of anilines is 1. The van der Waals surface area contributed by atoms with Crippen molar-refractivity contribution in [1.29, 1.82) is 0 Å². The SMILES string of the molecule is C(=N/Nc1nc2ccccc2[nH]1)/c1c[nH]c2ccccc12. The van der Waals surface area contributed by atoms with Crippen molar-refractivity contribution in [3.63, 3.8) is 0 Å². The van der Waals surface area contributed by atoms with E-state index in [9.17, 15) is 0 Å². The third kappa shape index (κ3) is 2.14. The molecule has 102 valence electrons. The van der Waals surface area contributed by atoms with Crippen LogP contribution >= 0.6 is 0 Å². The van der Waals surface area contributed by atoms with Crippen molar-refractivity contribution in [2.24, 2.45) is 5.10 Å². The molecule has 5 nitrogen and oxygen atoms in total. The van der Waals surface area contributed by atoms with E-state index in [1.165, 1.54) is 0 Å². The molecule has 0 aliphatic heterocycles. The minimum Gasteiger partial charge on any atom is -0.361 e. The Bertz CT molecular complexity index is 899. The fourth-order valence-corrected chi connectivity index (χ4v) is 2.37. The summed E-state index contributed by atoms with van der Waals surface area (Å²) in [5, 5.41) is 5.39. The monoisotopic (exact) mass is 275 g/mol. The number of rotatable bonds is 3. The molecule has 0 amide bonds. The first-order valence-electron chi connectivity index (χ1n) is 6.70. The highest BCUT2D eigenvalue weighted by atomic mass is 15.3. The van der Waals surface area contributed by atoms with Crippen molar-refractivity contribution < 1.29 is 0 Å². The molecular formula is C16H13N5. The van der Waals surface area contributed by atoms with Gasteiger partial charge in [0.15, 0.2) is 0 Å². The fraction of sp³-hybridized carbons (Fsp3) is 0. The molecule has 0 aliphatic carbocycles. The Kier molecular flexibility index (Phi) is 2.67. The summed E-state index contributed by atoms with van der Waals surface area (Å²) in [5.74, 6) is 0.632. The number of nitrogens with one attached hydrogen (secondary N) is 3. The van der Waals surface area contributed by atoms with Gasteiger partial charge in [0.25, 0.3) is 0 Å². The Balaban J connectivity index is 1.58. The normalized spacial score (nSPS) is 11.6. The second kappa shape index (κ2) is 4.79. The Morgan fingerprint density at radius 2 is 1.81 bits per heavy atom. The van der Waals surface area contributed by atoms with Crippen molar-refractivity contribution >= 4 is 34.1 Å². The number of H-pyrrole nitrogens is 2. The van der Waals surface area contributed by atoms with Crippen LogP contribution in [0.5, 0.6) is 0 Å². The highest BCUT2D eigenvalue weighted by Gasteiger charge is 2.01. The number of nitrogens with zero attached hydrogens (tertiary/aromatic N) is 2. The molecule has 2 aromatic heterocycles. The molecule has 21 heavy (non-hydrogen) atoms. The van der Waals surface area contributed by atoms with Crippen LogP contribution in [0.3, 0.4) is 0 Å². The fourth-order valence-electron chi connectivity index (χ4n) is 2.37. The van der Waals surface area contributed by atoms with Crippen molar-refractivity contribution in [3.05, 3.63) is 60.3 Å². The van der Waals surface area contributed by atoms with Crippen molar-refractivity contribution in [2.45, 2.75) is 0 Å². The Morgan fingerprint density at radius 1 is 1.00 bits per heavy atom. The standard InChI is InChI=1S/C16H13N5/c1-2-6-13-12(5-1)11(9-17-13)10-18-21-16-19-14-7-3-4-8-15(14)20-16/h1-10,17H,(H2,19,20,21)/b18-10-. The maximum Gasteiger partial charge on any atom is 0.222 e. The van der Waals surface area contributed by atoms with Crippen LogP contribution in [-0.4, -0.2) is 21.2 Å². The van der Waals surface area contributed by atoms with Gasteiger partial charge in [-0.05, 0) is 18.2 Å². The van der Waals surface area contributed by atoms with E-state index in [-0.39, 0.29) is 0 Å². The van der Waals surface area contributed by atoms with Gasteiger partial charge in [-0.1, -0.05) is 30.3 Å². The number of imidazole rings is 1. The van der Waals surface area contributed by atoms with Crippen LogP contribution in [0.2, 0.25) is 0 Å². The summed E-state index contributed by atoms with van der Waals surface area (Å²) in [6, 6.07) is 16.0. The third-order valence-corrected chi connectivity index (χ3v) is 3.38. The van der Waals surface area contributed by atoms with Gasteiger partial charge in [-0.15, -0.1) is 0 Å². The van der Waals surface area contributed by atoms with Gasteiger partial charge in [-0.25, -0.2) is 10.4 Å². The Labute approximate surface area is 120 Å². The largest absolute Gasteiger partial charge is 0.361 e. The molecule has 0 saturated heterocycles. The average Bonchev–Trinajstić information content (AvgIpc) is 3.11. The zero-order valence-corrected chi connectivity index (χ0v) is 11.2. The number of hydrogen-bond acceptors (Lipinski definition) is 3. The zero-order valence-electron chi connectivity index (χ0n) is 11.2. The number of fused-ring (bicyclic) bond motifs is 2. The van der Waals surface area contributed by atoms with Crippen LogP contribution in [0.25, 0.3) is 21.9 Å². The Morgan fingerprint density at radius 3 is 2.71 bits per heavy atom. The van der Waals surface area contributed by atoms with Crippen LogP contribution in [0.15, 0.2) is 59.8 Å². The van der Waals surface area contributed by atoms with Gasteiger partial charge in [0.05, 0.1) is 17.2 Å². The van der Waals surface area contributed by atoms with E-state index in [0.717, 1.165) is 27.5 Å². The molecule has 0 aliphatic rings. The summed E-state index contributed by atoms with van der Waals surface area (Å²) in [4.78, 5) is 10.8. The number of para-hydroxylation sites is 3. The zero-order chi connectivity index (χ0) is 14.1. The minimum absolute atomic E-state index is 0.632. The smallest absolute Gasteiger partial charge is 0.222 e. The lowest BCUT2D eigenvalue weighted by molar-refractivity contribution is 1.21. The molecule has 4 rings (SSSR count). The highest BCUT2D eigenvalue weighted by molar-refractivity contribution is 5.99. The van der Waals surface area contributed by atoms with Crippen LogP contribution in [0, 0.1) is 0 Å². The van der Waals surface area contributed by atoms with Crippen LogP contribution < -0.4 is 5.43 Å². The summed E-state index contributed by atoms with van der Waals surface area (Å²) >= 11 is 0. The van der Waals surface area contributed by atoms with E-state index in [2.05, 4.69) is 31.5 Å². The van der Waals surface area contributed by atoms with Crippen LogP contribution in [0.1, 0.15) is 5.56 Å². The van der Waals surface area contributed by atoms with Gasteiger partial charge >= 0.3 is 0 Å². The number of benzene rings is 2. The predicted octanol–water partition coefficient (Wildman–Crippen LogP) is 3.49. The summed E-state index contributed by atoms with van der Waals surface area (Å²) < 4.78 is 0. The summed E-state index contributed by atoms with van der Waals surface area (Å²) in [6.07, 6.45) is 3.72. The molecule has 4 aromatic rings. The first-order valence-corrected chi connectivity index (χ1v) is 6.70. The second-order valence-electron chi connectivity index (χ2n) is 4.76. The van der Waals surface area contributed by atoms with Crippen molar-refractivity contribution in [1.82, 2.24) is 15.0 Å². The minimum atomic E-state index is 0.632. The average molecular weight is 275 g/mol. The second-order valence-corrected chi connectivity index (χ2v) is 4.76. The lowest BCUT2D eigenvalue weighted by atomic mass is 10.2. The van der Waals surface area contributed by atoms with Gasteiger partial charge in [-0.3, -0.25) is 0 Å². The molecule has 2 aromatic carbocycles. The molecule has 0 bridgehead atoms. The molecular weight excluding hydrogens is 262 g/mol. The third-order valence-electron chi connectivity index (χ3n) is 3.38. The lowest BCUT2D eigenvalue weighted by Crippen LogP contribution is -1.91. The molecule has 0 saturated carbocycles. The highest BCUT2D eigenvalue weighted by Crippen LogP contribution is 2.16. The molecule has 5 heteroatoms. The van der Waals surface area contributed by atoms with E-state index in [1.54, 1.807) is 6.21 Å². The summed E-state index contributed by atoms with van der Waals surface area (Å²) in [6.45, 7) is 0. The number of aromatic amines is 2. The van der Waals surface area contributed by atoms with E-state index >= 15 is 0 Å². The topological polar surface area (TPSA) is 68.9 Å². The first kappa shape index (κ1) is 11.7. The van der Waals surface area contributed by atoms with Crippen LogP contribution in [0.4, 0.5) is 5.95 Å². The van der Waals surface area contributed by atoms with Gasteiger partial charge in [0.1, 0.15) is 0 Å². The van der Waals surface area contributed by atoms with E-state index in [1.807, 2.05) is 48.7 Å². The van der Waals surface area contributed by atoms with Gasteiger partial charge in [-0.2, -0.15) is 5.10 Å². The molecule has 2 heterocycles. The maximum absolute atomic E-state index is 4.41. The molecule has 3 N–H and O–H groups in total. The molecule has 0 fully saturated rings. The van der Waals surface area contributed by atoms with E-state index in [0.29, 0.717) is 5.95 Å². The number of aromatic nitrogens is 3. The van der Waals surface area contributed by atoms with E-state index in [4.69, 9.17) is 0 Å². The quantitative estimate of drug-likeness (QED) is 0.395. The predicted molar refractivity (Wildman–Crippen MR) is 85.6 cm³/mol. The van der Waals surface area contributed by atoms with E-state index < -0.39 is 0 Å². The molecule has 0 radical (unpaired) electrons. The first-order chi connectivity index (χ1) is 10.4. The van der Waals surface area contributed by atoms with Gasteiger partial charge in [0.2, 0.25) is 5.95 Å². The summed E-state index contributed by atoms with van der Waals surface area (Å²) in [7, 11) is 0. The molecule has 0 unspecified atom stereocenters. The van der Waals surface area contributed by atoms with Crippen molar-refractivity contribution in [3.8, 4) is 0 Å².